The number of benzene rings is 2. The summed E-state index contributed by atoms with van der Waals surface area (Å²) in [6, 6.07) is 15.0. The summed E-state index contributed by atoms with van der Waals surface area (Å²) >= 11 is 1.60. The number of hydrogen-bond acceptors (Lipinski definition) is 5. The van der Waals surface area contributed by atoms with Crippen molar-refractivity contribution < 1.29 is 13.2 Å². The van der Waals surface area contributed by atoms with E-state index in [2.05, 4.69) is 4.98 Å². The molecule has 0 spiro atoms. The van der Waals surface area contributed by atoms with E-state index in [4.69, 9.17) is 4.74 Å². The Morgan fingerprint density at radius 3 is 2.35 bits per heavy atom. The van der Waals surface area contributed by atoms with Gasteiger partial charge in [0.2, 0.25) is 10.0 Å². The minimum absolute atomic E-state index is 0.101. The van der Waals surface area contributed by atoms with Gasteiger partial charge >= 0.3 is 0 Å². The van der Waals surface area contributed by atoms with Crippen molar-refractivity contribution in [3.8, 4) is 10.6 Å². The zero-order valence-corrected chi connectivity index (χ0v) is 16.3. The predicted molar refractivity (Wildman–Crippen MR) is 104 cm³/mol. The van der Waals surface area contributed by atoms with Crippen LogP contribution < -0.4 is 0 Å². The maximum absolute atomic E-state index is 12.9. The third-order valence-electron chi connectivity index (χ3n) is 4.42. The molecule has 7 heteroatoms. The SMILES string of the molecule is C[C@H]1CN(S(=O)(=O)c2ccc(-c3nc4ccccc4s3)cc2)C[C@H](C)O1. The first kappa shape index (κ1) is 17.6. The van der Waals surface area contributed by atoms with Gasteiger partial charge in [-0.25, -0.2) is 13.4 Å². The summed E-state index contributed by atoms with van der Waals surface area (Å²) in [5.74, 6) is 0. The maximum Gasteiger partial charge on any atom is 0.243 e. The molecule has 0 aliphatic carbocycles. The Hall–Kier alpha value is -1.80. The van der Waals surface area contributed by atoms with Crippen LogP contribution in [0.4, 0.5) is 0 Å². The topological polar surface area (TPSA) is 59.5 Å². The first-order valence-corrected chi connectivity index (χ1v) is 10.8. The Morgan fingerprint density at radius 2 is 1.69 bits per heavy atom. The molecule has 1 fully saturated rings. The van der Waals surface area contributed by atoms with E-state index in [1.54, 1.807) is 23.5 Å². The molecule has 1 aliphatic heterocycles. The highest BCUT2D eigenvalue weighted by Gasteiger charge is 2.32. The number of thiazole rings is 1. The van der Waals surface area contributed by atoms with Gasteiger partial charge < -0.3 is 4.74 Å². The lowest BCUT2D eigenvalue weighted by molar-refractivity contribution is -0.0440. The van der Waals surface area contributed by atoms with Crippen LogP contribution in [-0.4, -0.2) is 43.0 Å². The van der Waals surface area contributed by atoms with E-state index < -0.39 is 10.0 Å². The van der Waals surface area contributed by atoms with Crippen LogP contribution in [-0.2, 0) is 14.8 Å². The minimum Gasteiger partial charge on any atom is -0.373 e. The van der Waals surface area contributed by atoms with E-state index in [0.29, 0.717) is 18.0 Å². The molecule has 2 heterocycles. The fraction of sp³-hybridized carbons (Fsp3) is 0.316. The van der Waals surface area contributed by atoms with Crippen LogP contribution in [0.15, 0.2) is 53.4 Å². The second-order valence-corrected chi connectivity index (χ2v) is 9.56. The second kappa shape index (κ2) is 6.74. The Bertz CT molecular complexity index is 985. The molecule has 2 aromatic carbocycles. The van der Waals surface area contributed by atoms with Crippen molar-refractivity contribution in [2.45, 2.75) is 31.0 Å². The summed E-state index contributed by atoms with van der Waals surface area (Å²) in [4.78, 5) is 4.94. The lowest BCUT2D eigenvalue weighted by Gasteiger charge is -2.34. The average Bonchev–Trinajstić information content (AvgIpc) is 3.05. The van der Waals surface area contributed by atoms with Crippen LogP contribution in [0, 0.1) is 0 Å². The fourth-order valence-corrected chi connectivity index (χ4v) is 5.80. The van der Waals surface area contributed by atoms with Gasteiger partial charge in [0, 0.05) is 18.7 Å². The highest BCUT2D eigenvalue weighted by molar-refractivity contribution is 7.89. The molecular formula is C19H20N2O3S2. The molecular weight excluding hydrogens is 368 g/mol. The molecule has 0 unspecified atom stereocenters. The number of sulfonamides is 1. The Balaban J connectivity index is 1.62. The van der Waals surface area contributed by atoms with Gasteiger partial charge in [-0.2, -0.15) is 4.31 Å². The van der Waals surface area contributed by atoms with E-state index in [1.165, 1.54) is 4.31 Å². The van der Waals surface area contributed by atoms with Crippen LogP contribution >= 0.6 is 11.3 Å². The van der Waals surface area contributed by atoms with Gasteiger partial charge in [-0.1, -0.05) is 24.3 Å². The molecule has 0 N–H and O–H groups in total. The molecule has 0 saturated carbocycles. The van der Waals surface area contributed by atoms with Crippen molar-refractivity contribution in [3.05, 3.63) is 48.5 Å². The lowest BCUT2D eigenvalue weighted by Crippen LogP contribution is -2.48. The lowest BCUT2D eigenvalue weighted by atomic mass is 10.2. The van der Waals surface area contributed by atoms with Gasteiger partial charge in [0.25, 0.3) is 0 Å². The normalized spacial score (nSPS) is 21.9. The first-order chi connectivity index (χ1) is 12.4. The van der Waals surface area contributed by atoms with Gasteiger partial charge in [0.1, 0.15) is 5.01 Å². The van der Waals surface area contributed by atoms with Gasteiger partial charge in [0.05, 0.1) is 27.3 Å². The smallest absolute Gasteiger partial charge is 0.243 e. The van der Waals surface area contributed by atoms with Crippen LogP contribution in [0.25, 0.3) is 20.8 Å². The van der Waals surface area contributed by atoms with Crippen LogP contribution in [0.3, 0.4) is 0 Å². The van der Waals surface area contributed by atoms with Gasteiger partial charge in [-0.15, -0.1) is 11.3 Å². The van der Waals surface area contributed by atoms with Gasteiger partial charge in [-0.3, -0.25) is 0 Å². The monoisotopic (exact) mass is 388 g/mol. The number of fused-ring (bicyclic) bond motifs is 1. The predicted octanol–water partition coefficient (Wildman–Crippen LogP) is 3.76. The molecule has 1 aliphatic rings. The Labute approximate surface area is 157 Å². The standard InChI is InChI=1S/C19H20N2O3S2/c1-13-11-21(12-14(2)24-13)26(22,23)16-9-7-15(8-10-16)19-20-17-5-3-4-6-18(17)25-19/h3-10,13-14H,11-12H2,1-2H3/t13-,14-/m0/s1. The van der Waals surface area contributed by atoms with Crippen LogP contribution in [0.5, 0.6) is 0 Å². The summed E-state index contributed by atoms with van der Waals surface area (Å²) in [5.41, 5.74) is 1.88. The van der Waals surface area contributed by atoms with Crippen molar-refractivity contribution in [2.24, 2.45) is 0 Å². The molecule has 4 rings (SSSR count). The Kier molecular flexibility index (Phi) is 4.56. The maximum atomic E-state index is 12.9. The third kappa shape index (κ3) is 3.27. The van der Waals surface area contributed by atoms with E-state index in [0.717, 1.165) is 20.8 Å². The second-order valence-electron chi connectivity index (χ2n) is 6.59. The average molecular weight is 389 g/mol. The molecule has 5 nitrogen and oxygen atoms in total. The molecule has 2 atom stereocenters. The minimum atomic E-state index is -3.52. The van der Waals surface area contributed by atoms with E-state index in [-0.39, 0.29) is 12.2 Å². The number of aromatic nitrogens is 1. The quantitative estimate of drug-likeness (QED) is 0.685. The number of ether oxygens (including phenoxy) is 1. The summed E-state index contributed by atoms with van der Waals surface area (Å²) in [5, 5.41) is 0.892. The molecule has 1 aromatic heterocycles. The highest BCUT2D eigenvalue weighted by atomic mass is 32.2. The molecule has 1 saturated heterocycles. The van der Waals surface area contributed by atoms with E-state index >= 15 is 0 Å². The third-order valence-corrected chi connectivity index (χ3v) is 7.35. The first-order valence-electron chi connectivity index (χ1n) is 8.55. The van der Waals surface area contributed by atoms with Crippen LogP contribution in [0.2, 0.25) is 0 Å². The summed E-state index contributed by atoms with van der Waals surface area (Å²) in [7, 11) is -3.52. The van der Waals surface area contributed by atoms with E-state index in [1.807, 2.05) is 50.2 Å². The summed E-state index contributed by atoms with van der Waals surface area (Å²) < 4.78 is 34.1. The van der Waals surface area contributed by atoms with Crippen molar-refractivity contribution in [2.75, 3.05) is 13.1 Å². The number of nitrogens with zero attached hydrogens (tertiary/aromatic N) is 2. The zero-order valence-electron chi connectivity index (χ0n) is 14.6. The van der Waals surface area contributed by atoms with Crippen LogP contribution in [0.1, 0.15) is 13.8 Å². The highest BCUT2D eigenvalue weighted by Crippen LogP contribution is 2.31. The number of para-hydroxylation sites is 1. The van der Waals surface area contributed by atoms with Crippen molar-refractivity contribution in [3.63, 3.8) is 0 Å². The van der Waals surface area contributed by atoms with Gasteiger partial charge in [0.15, 0.2) is 0 Å². The number of rotatable bonds is 3. The molecule has 0 radical (unpaired) electrons. The molecule has 0 amide bonds. The molecule has 3 aromatic rings. The number of morpholine rings is 1. The Morgan fingerprint density at radius 1 is 1.04 bits per heavy atom. The van der Waals surface area contributed by atoms with Crippen molar-refractivity contribution >= 4 is 31.6 Å². The summed E-state index contributed by atoms with van der Waals surface area (Å²) in [6.07, 6.45) is -0.203. The van der Waals surface area contributed by atoms with Crippen molar-refractivity contribution in [1.82, 2.24) is 9.29 Å². The largest absolute Gasteiger partial charge is 0.373 e. The molecule has 0 bridgehead atoms. The van der Waals surface area contributed by atoms with Gasteiger partial charge in [-0.05, 0) is 38.1 Å². The zero-order chi connectivity index (χ0) is 18.3. The molecule has 136 valence electrons. The fourth-order valence-electron chi connectivity index (χ4n) is 3.24. The van der Waals surface area contributed by atoms with Crippen molar-refractivity contribution in [1.29, 1.82) is 0 Å². The number of hydrogen-bond donors (Lipinski definition) is 0. The summed E-state index contributed by atoms with van der Waals surface area (Å²) in [6.45, 7) is 4.56. The van der Waals surface area contributed by atoms with E-state index in [9.17, 15) is 8.42 Å². The molecule has 26 heavy (non-hydrogen) atoms.